The fourth-order valence-corrected chi connectivity index (χ4v) is 3.85. The zero-order chi connectivity index (χ0) is 22.3. The monoisotopic (exact) mass is 422 g/mol. The van der Waals surface area contributed by atoms with E-state index in [1.807, 2.05) is 79.7 Å². The van der Waals surface area contributed by atoms with E-state index in [2.05, 4.69) is 5.32 Å². The van der Waals surface area contributed by atoms with Crippen LogP contribution >= 0.6 is 0 Å². The van der Waals surface area contributed by atoms with Crippen molar-refractivity contribution in [1.82, 2.24) is 0 Å². The molecule has 0 aromatic heterocycles. The molecule has 0 saturated heterocycles. The third-order valence-corrected chi connectivity index (χ3v) is 5.52. The summed E-state index contributed by atoms with van der Waals surface area (Å²) in [5.41, 5.74) is 3.31. The van der Waals surface area contributed by atoms with E-state index in [0.717, 1.165) is 22.0 Å². The largest absolute Gasteiger partial charge is 0.326 e. The minimum absolute atomic E-state index is 0.0427. The molecule has 0 radical (unpaired) electrons. The molecule has 0 aliphatic rings. The molecule has 0 bridgehead atoms. The van der Waals surface area contributed by atoms with Crippen LogP contribution in [0.2, 0.25) is 0 Å². The predicted octanol–water partition coefficient (Wildman–Crippen LogP) is 6.08. The van der Waals surface area contributed by atoms with Gasteiger partial charge in [0.1, 0.15) is 0 Å². The van der Waals surface area contributed by atoms with Gasteiger partial charge in [0.2, 0.25) is 5.91 Å². The minimum atomic E-state index is -0.0641. The van der Waals surface area contributed by atoms with Gasteiger partial charge >= 0.3 is 0 Å². The molecule has 160 valence electrons. The highest BCUT2D eigenvalue weighted by molar-refractivity contribution is 6.11. The van der Waals surface area contributed by atoms with Crippen LogP contribution in [0.15, 0.2) is 97.1 Å². The molecule has 4 nitrogen and oxygen atoms in total. The van der Waals surface area contributed by atoms with Gasteiger partial charge in [-0.25, -0.2) is 0 Å². The number of rotatable bonds is 7. The fourth-order valence-electron chi connectivity index (χ4n) is 3.85. The van der Waals surface area contributed by atoms with Crippen LogP contribution in [0.4, 0.5) is 11.4 Å². The van der Waals surface area contributed by atoms with Crippen molar-refractivity contribution in [1.29, 1.82) is 0 Å². The normalized spacial score (nSPS) is 10.7. The maximum atomic E-state index is 13.3. The van der Waals surface area contributed by atoms with Crippen molar-refractivity contribution in [3.63, 3.8) is 0 Å². The first-order valence-electron chi connectivity index (χ1n) is 10.9. The van der Waals surface area contributed by atoms with E-state index in [1.54, 1.807) is 29.2 Å². The van der Waals surface area contributed by atoms with E-state index in [-0.39, 0.29) is 11.8 Å². The average Bonchev–Trinajstić information content (AvgIpc) is 2.84. The second-order valence-corrected chi connectivity index (χ2v) is 7.66. The number of anilines is 2. The number of carbonyl (C=O) groups excluding carboxylic acids is 2. The van der Waals surface area contributed by atoms with Crippen molar-refractivity contribution < 1.29 is 9.59 Å². The Morgan fingerprint density at radius 2 is 1.47 bits per heavy atom. The van der Waals surface area contributed by atoms with Crippen molar-refractivity contribution in [2.24, 2.45) is 0 Å². The molecule has 0 atom stereocenters. The van der Waals surface area contributed by atoms with Gasteiger partial charge in [-0.3, -0.25) is 9.59 Å². The lowest BCUT2D eigenvalue weighted by atomic mass is 10.1. The Morgan fingerprint density at radius 1 is 0.781 bits per heavy atom. The van der Waals surface area contributed by atoms with Crippen molar-refractivity contribution in [2.45, 2.75) is 19.8 Å². The quantitative estimate of drug-likeness (QED) is 0.392. The van der Waals surface area contributed by atoms with Gasteiger partial charge in [-0.15, -0.1) is 0 Å². The van der Waals surface area contributed by atoms with Crippen molar-refractivity contribution in [3.05, 3.63) is 108 Å². The van der Waals surface area contributed by atoms with Gasteiger partial charge < -0.3 is 10.2 Å². The summed E-state index contributed by atoms with van der Waals surface area (Å²) < 4.78 is 0. The number of amides is 2. The Bertz CT molecular complexity index is 1210. The topological polar surface area (TPSA) is 49.4 Å². The summed E-state index contributed by atoms with van der Waals surface area (Å²) in [6.07, 6.45) is 1.11. The standard InChI is InChI=1S/C28H26N2O2/c1-2-30(26-14-8-12-22-11-6-7-13-25(22)26)28(32)23-16-18-24(19-17-23)29-27(31)20-15-21-9-4-3-5-10-21/h3-14,16-19H,2,15,20H2,1H3,(H,29,31). The molecule has 0 aliphatic heterocycles. The van der Waals surface area contributed by atoms with Crippen LogP contribution in [0.1, 0.15) is 29.3 Å². The van der Waals surface area contributed by atoms with Gasteiger partial charge in [0.25, 0.3) is 5.91 Å². The number of hydrogen-bond acceptors (Lipinski definition) is 2. The lowest BCUT2D eigenvalue weighted by Crippen LogP contribution is -2.30. The van der Waals surface area contributed by atoms with Gasteiger partial charge in [0.05, 0.1) is 5.69 Å². The first-order chi connectivity index (χ1) is 15.7. The fraction of sp³-hybridized carbons (Fsp3) is 0.143. The summed E-state index contributed by atoms with van der Waals surface area (Å²) in [5.74, 6) is -0.107. The maximum Gasteiger partial charge on any atom is 0.258 e. The van der Waals surface area contributed by atoms with Gasteiger partial charge in [-0.1, -0.05) is 66.7 Å². The molecule has 0 aliphatic carbocycles. The molecule has 2 amide bonds. The van der Waals surface area contributed by atoms with E-state index in [0.29, 0.717) is 30.6 Å². The van der Waals surface area contributed by atoms with Crippen molar-refractivity contribution in [3.8, 4) is 0 Å². The highest BCUT2D eigenvalue weighted by atomic mass is 16.2. The highest BCUT2D eigenvalue weighted by Crippen LogP contribution is 2.28. The summed E-state index contributed by atoms with van der Waals surface area (Å²) in [6, 6.07) is 31.1. The third kappa shape index (κ3) is 4.86. The van der Waals surface area contributed by atoms with Gasteiger partial charge in [0, 0.05) is 29.6 Å². The Morgan fingerprint density at radius 3 is 2.22 bits per heavy atom. The number of fused-ring (bicyclic) bond motifs is 1. The van der Waals surface area contributed by atoms with Crippen LogP contribution in [-0.4, -0.2) is 18.4 Å². The molecular formula is C28H26N2O2. The lowest BCUT2D eigenvalue weighted by molar-refractivity contribution is -0.116. The molecule has 4 aromatic carbocycles. The van der Waals surface area contributed by atoms with E-state index in [1.165, 1.54) is 0 Å². The summed E-state index contributed by atoms with van der Waals surface area (Å²) in [6.45, 7) is 2.53. The Balaban J connectivity index is 1.44. The Hall–Kier alpha value is -3.92. The summed E-state index contributed by atoms with van der Waals surface area (Å²) in [7, 11) is 0. The summed E-state index contributed by atoms with van der Waals surface area (Å²) in [5, 5.41) is 5.06. The van der Waals surface area contributed by atoms with Gasteiger partial charge in [-0.05, 0) is 54.6 Å². The maximum absolute atomic E-state index is 13.3. The molecule has 32 heavy (non-hydrogen) atoms. The van der Waals surface area contributed by atoms with Gasteiger partial charge in [-0.2, -0.15) is 0 Å². The number of nitrogens with zero attached hydrogens (tertiary/aromatic N) is 1. The molecule has 0 unspecified atom stereocenters. The van der Waals surface area contributed by atoms with Crippen LogP contribution < -0.4 is 10.2 Å². The van der Waals surface area contributed by atoms with E-state index >= 15 is 0 Å². The molecule has 0 fully saturated rings. The molecule has 4 heteroatoms. The van der Waals surface area contributed by atoms with E-state index < -0.39 is 0 Å². The van der Waals surface area contributed by atoms with Crippen LogP contribution in [0.3, 0.4) is 0 Å². The predicted molar refractivity (Wildman–Crippen MR) is 131 cm³/mol. The Labute approximate surface area is 188 Å². The van der Waals surface area contributed by atoms with Crippen LogP contribution in [0.5, 0.6) is 0 Å². The molecule has 0 heterocycles. The number of hydrogen-bond donors (Lipinski definition) is 1. The SMILES string of the molecule is CCN(C(=O)c1ccc(NC(=O)CCc2ccccc2)cc1)c1cccc2ccccc12. The van der Waals surface area contributed by atoms with Crippen LogP contribution in [-0.2, 0) is 11.2 Å². The first-order valence-corrected chi connectivity index (χ1v) is 10.9. The number of nitrogens with one attached hydrogen (secondary N) is 1. The number of carbonyl (C=O) groups is 2. The number of aryl methyl sites for hydroxylation is 1. The summed E-state index contributed by atoms with van der Waals surface area (Å²) in [4.78, 5) is 27.3. The first kappa shape index (κ1) is 21.3. The summed E-state index contributed by atoms with van der Waals surface area (Å²) >= 11 is 0. The van der Waals surface area contributed by atoms with Crippen molar-refractivity contribution >= 4 is 34.0 Å². The molecule has 4 rings (SSSR count). The lowest BCUT2D eigenvalue weighted by Gasteiger charge is -2.23. The van der Waals surface area contributed by atoms with Crippen molar-refractivity contribution in [2.75, 3.05) is 16.8 Å². The smallest absolute Gasteiger partial charge is 0.258 e. The molecule has 0 spiro atoms. The number of benzene rings is 4. The zero-order valence-electron chi connectivity index (χ0n) is 18.1. The van der Waals surface area contributed by atoms with Crippen LogP contribution in [0.25, 0.3) is 10.8 Å². The van der Waals surface area contributed by atoms with E-state index in [4.69, 9.17) is 0 Å². The molecule has 4 aromatic rings. The Kier molecular flexibility index (Phi) is 6.61. The minimum Gasteiger partial charge on any atom is -0.326 e. The van der Waals surface area contributed by atoms with Gasteiger partial charge in [0.15, 0.2) is 0 Å². The average molecular weight is 423 g/mol. The molecule has 0 saturated carbocycles. The van der Waals surface area contributed by atoms with E-state index in [9.17, 15) is 9.59 Å². The third-order valence-electron chi connectivity index (χ3n) is 5.52. The molecular weight excluding hydrogens is 396 g/mol. The van der Waals surface area contributed by atoms with Crippen LogP contribution in [0, 0.1) is 0 Å². The zero-order valence-corrected chi connectivity index (χ0v) is 18.1. The second-order valence-electron chi connectivity index (χ2n) is 7.66. The highest BCUT2D eigenvalue weighted by Gasteiger charge is 2.18. The second kappa shape index (κ2) is 9.92. The molecule has 1 N–H and O–H groups in total.